The van der Waals surface area contributed by atoms with Crippen molar-refractivity contribution in [2.24, 2.45) is 11.1 Å². The highest BCUT2D eigenvalue weighted by atomic mass is 16.7. The Morgan fingerprint density at radius 1 is 1.43 bits per heavy atom. The van der Waals surface area contributed by atoms with Gasteiger partial charge in [-0.15, -0.1) is 0 Å². The first-order valence-electron chi connectivity index (χ1n) is 4.75. The van der Waals surface area contributed by atoms with Gasteiger partial charge in [-0.1, -0.05) is 19.8 Å². The summed E-state index contributed by atoms with van der Waals surface area (Å²) in [6.07, 6.45) is 3.89. The van der Waals surface area contributed by atoms with Gasteiger partial charge in [-0.05, 0) is 12.8 Å². The van der Waals surface area contributed by atoms with Crippen LogP contribution in [0.2, 0.25) is 0 Å². The van der Waals surface area contributed by atoms with Crippen molar-refractivity contribution in [1.29, 1.82) is 0 Å². The standard InChI is InChI=1S/C9H16N2O3/c1-9(4-2-3-5-9)8(13)11-14-6-7(10)12/h2-6H2,1H3,(H2,10,12)(H,11,13). The van der Waals surface area contributed by atoms with Crippen molar-refractivity contribution in [2.45, 2.75) is 32.6 Å². The van der Waals surface area contributed by atoms with Crippen molar-refractivity contribution in [2.75, 3.05) is 6.61 Å². The summed E-state index contributed by atoms with van der Waals surface area (Å²) < 4.78 is 0. The number of nitrogens with one attached hydrogen (secondary N) is 1. The number of carbonyl (C=O) groups excluding carboxylic acids is 2. The van der Waals surface area contributed by atoms with E-state index in [1.807, 2.05) is 6.92 Å². The lowest BCUT2D eigenvalue weighted by Crippen LogP contribution is -2.38. The molecule has 0 spiro atoms. The van der Waals surface area contributed by atoms with E-state index in [1.54, 1.807) is 0 Å². The topological polar surface area (TPSA) is 81.4 Å². The maximum atomic E-state index is 11.6. The van der Waals surface area contributed by atoms with E-state index >= 15 is 0 Å². The zero-order valence-corrected chi connectivity index (χ0v) is 8.34. The molecule has 1 saturated carbocycles. The number of amides is 2. The highest BCUT2D eigenvalue weighted by Crippen LogP contribution is 2.37. The molecule has 1 aliphatic carbocycles. The minimum atomic E-state index is -0.595. The summed E-state index contributed by atoms with van der Waals surface area (Å²) >= 11 is 0. The van der Waals surface area contributed by atoms with Crippen LogP contribution in [0, 0.1) is 5.41 Å². The van der Waals surface area contributed by atoms with Crippen molar-refractivity contribution in [3.8, 4) is 0 Å². The average Bonchev–Trinajstić information content (AvgIpc) is 2.52. The Bertz CT molecular complexity index is 234. The Hall–Kier alpha value is -1.10. The number of nitrogens with two attached hydrogens (primary N) is 1. The lowest BCUT2D eigenvalue weighted by molar-refractivity contribution is -0.145. The summed E-state index contributed by atoms with van der Waals surface area (Å²) in [6.45, 7) is 1.63. The average molecular weight is 200 g/mol. The fourth-order valence-corrected chi connectivity index (χ4v) is 1.68. The second-order valence-corrected chi connectivity index (χ2v) is 3.95. The third kappa shape index (κ3) is 2.70. The lowest BCUT2D eigenvalue weighted by atomic mass is 9.88. The molecule has 14 heavy (non-hydrogen) atoms. The van der Waals surface area contributed by atoms with E-state index in [1.165, 1.54) is 0 Å². The summed E-state index contributed by atoms with van der Waals surface area (Å²) in [4.78, 5) is 26.5. The zero-order chi connectivity index (χ0) is 10.6. The lowest BCUT2D eigenvalue weighted by Gasteiger charge is -2.21. The molecule has 0 unspecified atom stereocenters. The summed E-state index contributed by atoms with van der Waals surface area (Å²) in [6, 6.07) is 0. The first-order valence-corrected chi connectivity index (χ1v) is 4.75. The van der Waals surface area contributed by atoms with Gasteiger partial charge in [0.15, 0.2) is 6.61 Å². The summed E-state index contributed by atoms with van der Waals surface area (Å²) in [7, 11) is 0. The molecule has 0 aromatic heterocycles. The third-order valence-electron chi connectivity index (χ3n) is 2.63. The molecule has 0 aromatic rings. The molecular weight excluding hydrogens is 184 g/mol. The van der Waals surface area contributed by atoms with Crippen LogP contribution in [0.3, 0.4) is 0 Å². The molecule has 0 heterocycles. The molecule has 3 N–H and O–H groups in total. The van der Waals surface area contributed by atoms with Crippen LogP contribution >= 0.6 is 0 Å². The Balaban J connectivity index is 2.30. The second-order valence-electron chi connectivity index (χ2n) is 3.95. The molecule has 2 amide bonds. The number of carbonyl (C=O) groups is 2. The molecule has 0 atom stereocenters. The molecular formula is C9H16N2O3. The van der Waals surface area contributed by atoms with Crippen molar-refractivity contribution in [3.63, 3.8) is 0 Å². The Morgan fingerprint density at radius 3 is 2.50 bits per heavy atom. The fourth-order valence-electron chi connectivity index (χ4n) is 1.68. The molecule has 80 valence electrons. The van der Waals surface area contributed by atoms with Gasteiger partial charge < -0.3 is 5.73 Å². The van der Waals surface area contributed by atoms with Crippen LogP contribution in [0.25, 0.3) is 0 Å². The van der Waals surface area contributed by atoms with Crippen LogP contribution < -0.4 is 11.2 Å². The van der Waals surface area contributed by atoms with Crippen molar-refractivity contribution in [3.05, 3.63) is 0 Å². The zero-order valence-electron chi connectivity index (χ0n) is 8.34. The molecule has 0 saturated heterocycles. The number of primary amides is 1. The summed E-state index contributed by atoms with van der Waals surface area (Å²) in [5, 5.41) is 0. The molecule has 0 aromatic carbocycles. The molecule has 5 heteroatoms. The smallest absolute Gasteiger partial charge is 0.249 e. The van der Waals surface area contributed by atoms with Gasteiger partial charge in [0.1, 0.15) is 0 Å². The Kier molecular flexibility index (Phi) is 3.46. The van der Waals surface area contributed by atoms with Gasteiger partial charge >= 0.3 is 0 Å². The van der Waals surface area contributed by atoms with E-state index in [4.69, 9.17) is 5.73 Å². The SMILES string of the molecule is CC1(C(=O)NOCC(N)=O)CCCC1. The van der Waals surface area contributed by atoms with E-state index in [9.17, 15) is 9.59 Å². The first-order chi connectivity index (χ1) is 6.54. The predicted molar refractivity (Wildman–Crippen MR) is 49.9 cm³/mol. The molecule has 0 bridgehead atoms. The maximum Gasteiger partial charge on any atom is 0.249 e. The molecule has 0 aliphatic heterocycles. The quantitative estimate of drug-likeness (QED) is 0.631. The van der Waals surface area contributed by atoms with Crippen LogP contribution in [0.5, 0.6) is 0 Å². The van der Waals surface area contributed by atoms with Gasteiger partial charge in [-0.3, -0.25) is 14.4 Å². The van der Waals surface area contributed by atoms with Crippen LogP contribution in [0.1, 0.15) is 32.6 Å². The van der Waals surface area contributed by atoms with Crippen LogP contribution in [-0.2, 0) is 14.4 Å². The highest BCUT2D eigenvalue weighted by molar-refractivity contribution is 5.82. The highest BCUT2D eigenvalue weighted by Gasteiger charge is 2.36. The molecule has 5 nitrogen and oxygen atoms in total. The van der Waals surface area contributed by atoms with Gasteiger partial charge in [0.25, 0.3) is 0 Å². The van der Waals surface area contributed by atoms with Gasteiger partial charge in [0.05, 0.1) is 0 Å². The van der Waals surface area contributed by atoms with E-state index in [2.05, 4.69) is 10.3 Å². The van der Waals surface area contributed by atoms with Crippen LogP contribution in [-0.4, -0.2) is 18.4 Å². The van der Waals surface area contributed by atoms with Crippen molar-refractivity contribution >= 4 is 11.8 Å². The maximum absolute atomic E-state index is 11.6. The largest absolute Gasteiger partial charge is 0.368 e. The van der Waals surface area contributed by atoms with Gasteiger partial charge in [-0.2, -0.15) is 0 Å². The van der Waals surface area contributed by atoms with E-state index in [0.29, 0.717) is 0 Å². The van der Waals surface area contributed by atoms with Gasteiger partial charge in [0, 0.05) is 5.41 Å². The molecule has 0 radical (unpaired) electrons. The molecule has 1 rings (SSSR count). The Morgan fingerprint density at radius 2 is 2.00 bits per heavy atom. The molecule has 1 aliphatic rings. The number of hydrogen-bond acceptors (Lipinski definition) is 3. The summed E-state index contributed by atoms with van der Waals surface area (Å²) in [5.41, 5.74) is 6.77. The van der Waals surface area contributed by atoms with E-state index in [0.717, 1.165) is 25.7 Å². The van der Waals surface area contributed by atoms with E-state index in [-0.39, 0.29) is 17.9 Å². The third-order valence-corrected chi connectivity index (χ3v) is 2.63. The first kappa shape index (κ1) is 11.0. The number of rotatable bonds is 4. The minimum Gasteiger partial charge on any atom is -0.368 e. The van der Waals surface area contributed by atoms with Crippen molar-refractivity contribution in [1.82, 2.24) is 5.48 Å². The van der Waals surface area contributed by atoms with E-state index < -0.39 is 5.91 Å². The summed E-state index contributed by atoms with van der Waals surface area (Å²) in [5.74, 6) is -0.752. The molecule has 1 fully saturated rings. The minimum absolute atomic E-state index is 0.156. The van der Waals surface area contributed by atoms with Crippen molar-refractivity contribution < 1.29 is 14.4 Å². The fraction of sp³-hybridized carbons (Fsp3) is 0.778. The number of hydrogen-bond donors (Lipinski definition) is 2. The second kappa shape index (κ2) is 4.41. The number of hydroxylamine groups is 1. The van der Waals surface area contributed by atoms with Gasteiger partial charge in [-0.25, -0.2) is 5.48 Å². The Labute approximate surface area is 82.9 Å². The predicted octanol–water partition coefficient (Wildman–Crippen LogP) is 0.0998. The van der Waals surface area contributed by atoms with Crippen LogP contribution in [0.15, 0.2) is 0 Å². The normalized spacial score (nSPS) is 19.2. The van der Waals surface area contributed by atoms with Gasteiger partial charge in [0.2, 0.25) is 11.8 Å². The van der Waals surface area contributed by atoms with Crippen LogP contribution in [0.4, 0.5) is 0 Å². The monoisotopic (exact) mass is 200 g/mol.